The lowest BCUT2D eigenvalue weighted by Gasteiger charge is -2.37. The van der Waals surface area contributed by atoms with Crippen molar-refractivity contribution in [2.75, 3.05) is 13.1 Å². The van der Waals surface area contributed by atoms with Crippen molar-refractivity contribution in [2.45, 2.75) is 58.5 Å². The van der Waals surface area contributed by atoms with Crippen molar-refractivity contribution in [1.82, 2.24) is 4.90 Å². The number of aliphatic imine (C=N–C) groups is 1. The number of nitrogens with zero attached hydrogens (tertiary/aromatic N) is 2. The highest BCUT2D eigenvalue weighted by Crippen LogP contribution is 2.31. The van der Waals surface area contributed by atoms with E-state index in [1.54, 1.807) is 0 Å². The average molecular weight is 246 g/mol. The van der Waals surface area contributed by atoms with E-state index < -0.39 is 0 Å². The van der Waals surface area contributed by atoms with E-state index >= 15 is 0 Å². The molecule has 0 spiro atoms. The minimum atomic E-state index is 0.421. The Kier molecular flexibility index (Phi) is 4.76. The second kappa shape index (κ2) is 6.33. The molecular formula is C16H26N2. The van der Waals surface area contributed by atoms with Gasteiger partial charge in [-0.25, -0.2) is 0 Å². The lowest BCUT2D eigenvalue weighted by molar-refractivity contribution is 0.178. The smallest absolute Gasteiger partial charge is 0.0763 e. The Morgan fingerprint density at radius 1 is 1.28 bits per heavy atom. The van der Waals surface area contributed by atoms with E-state index in [1.807, 2.05) is 6.21 Å². The van der Waals surface area contributed by atoms with E-state index in [0.29, 0.717) is 12.1 Å². The van der Waals surface area contributed by atoms with Crippen LogP contribution in [0, 0.1) is 0 Å². The zero-order valence-electron chi connectivity index (χ0n) is 12.0. The Balaban J connectivity index is 2.06. The number of hydrogen-bond donors (Lipinski definition) is 0. The summed E-state index contributed by atoms with van der Waals surface area (Å²) < 4.78 is 0. The fourth-order valence-corrected chi connectivity index (χ4v) is 3.15. The van der Waals surface area contributed by atoms with Crippen molar-refractivity contribution in [1.29, 1.82) is 0 Å². The van der Waals surface area contributed by atoms with Crippen molar-refractivity contribution >= 4 is 6.21 Å². The first-order valence-electron chi connectivity index (χ1n) is 7.40. The molecule has 0 saturated heterocycles. The third-order valence-corrected chi connectivity index (χ3v) is 4.05. The summed E-state index contributed by atoms with van der Waals surface area (Å²) in [6, 6.07) is 1.12. The lowest BCUT2D eigenvalue weighted by atomic mass is 9.85. The SMILES string of the molecule is CCCN(CCC)C1CC=C2C(C)=CC=NC2C1. The normalized spacial score (nSPS) is 26.9. The van der Waals surface area contributed by atoms with Crippen LogP contribution in [0.25, 0.3) is 0 Å². The van der Waals surface area contributed by atoms with Gasteiger partial charge >= 0.3 is 0 Å². The molecule has 0 fully saturated rings. The standard InChI is InChI=1S/C16H26N2/c1-4-10-18(11-5-2)14-6-7-15-13(3)8-9-17-16(15)12-14/h7-9,14,16H,4-6,10-12H2,1-3H3. The van der Waals surface area contributed by atoms with Crippen LogP contribution in [0.1, 0.15) is 46.5 Å². The van der Waals surface area contributed by atoms with Crippen LogP contribution >= 0.6 is 0 Å². The van der Waals surface area contributed by atoms with Crippen LogP contribution in [0.5, 0.6) is 0 Å². The van der Waals surface area contributed by atoms with Gasteiger partial charge in [0.25, 0.3) is 0 Å². The third-order valence-electron chi connectivity index (χ3n) is 4.05. The number of rotatable bonds is 5. The highest BCUT2D eigenvalue weighted by Gasteiger charge is 2.28. The molecule has 1 aliphatic heterocycles. The van der Waals surface area contributed by atoms with Crippen LogP contribution in [0.3, 0.4) is 0 Å². The fraction of sp³-hybridized carbons (Fsp3) is 0.688. The van der Waals surface area contributed by atoms with Gasteiger partial charge in [0.1, 0.15) is 0 Å². The highest BCUT2D eigenvalue weighted by atomic mass is 15.2. The number of hydrogen-bond acceptors (Lipinski definition) is 2. The van der Waals surface area contributed by atoms with Crippen molar-refractivity contribution in [3.63, 3.8) is 0 Å². The maximum atomic E-state index is 4.66. The van der Waals surface area contributed by atoms with Crippen LogP contribution in [-0.2, 0) is 0 Å². The average Bonchev–Trinajstić information content (AvgIpc) is 2.38. The van der Waals surface area contributed by atoms with Gasteiger partial charge < -0.3 is 4.90 Å². The van der Waals surface area contributed by atoms with Crippen LogP contribution < -0.4 is 0 Å². The van der Waals surface area contributed by atoms with Gasteiger partial charge in [-0.1, -0.05) is 19.9 Å². The van der Waals surface area contributed by atoms with Crippen LogP contribution in [0.15, 0.2) is 28.3 Å². The van der Waals surface area contributed by atoms with Gasteiger partial charge in [0.2, 0.25) is 0 Å². The Bertz CT molecular complexity index is 359. The van der Waals surface area contributed by atoms with Gasteiger partial charge in [0.15, 0.2) is 0 Å². The topological polar surface area (TPSA) is 15.6 Å². The second-order valence-electron chi connectivity index (χ2n) is 5.48. The van der Waals surface area contributed by atoms with Gasteiger partial charge in [-0.3, -0.25) is 4.99 Å². The summed E-state index contributed by atoms with van der Waals surface area (Å²) in [6.07, 6.45) is 11.5. The summed E-state index contributed by atoms with van der Waals surface area (Å²) in [7, 11) is 0. The maximum absolute atomic E-state index is 4.66. The maximum Gasteiger partial charge on any atom is 0.0763 e. The second-order valence-corrected chi connectivity index (χ2v) is 5.48. The third kappa shape index (κ3) is 2.92. The zero-order chi connectivity index (χ0) is 13.0. The predicted octanol–water partition coefficient (Wildman–Crippen LogP) is 3.60. The fourth-order valence-electron chi connectivity index (χ4n) is 3.15. The van der Waals surface area contributed by atoms with Gasteiger partial charge in [-0.2, -0.15) is 0 Å². The molecule has 100 valence electrons. The molecule has 0 aromatic heterocycles. The quantitative estimate of drug-likeness (QED) is 0.723. The van der Waals surface area contributed by atoms with Crippen molar-refractivity contribution in [3.05, 3.63) is 23.3 Å². The molecule has 0 aromatic carbocycles. The minimum absolute atomic E-state index is 0.421. The first kappa shape index (κ1) is 13.5. The van der Waals surface area contributed by atoms with Crippen LogP contribution in [0.4, 0.5) is 0 Å². The molecule has 2 nitrogen and oxygen atoms in total. The summed E-state index contributed by atoms with van der Waals surface area (Å²) in [6.45, 7) is 9.22. The lowest BCUT2D eigenvalue weighted by Crippen LogP contribution is -2.41. The Morgan fingerprint density at radius 2 is 2.00 bits per heavy atom. The molecule has 1 aliphatic carbocycles. The van der Waals surface area contributed by atoms with Crippen molar-refractivity contribution in [3.8, 4) is 0 Å². The van der Waals surface area contributed by atoms with Gasteiger partial charge in [-0.05, 0) is 62.9 Å². The van der Waals surface area contributed by atoms with Crippen molar-refractivity contribution in [2.24, 2.45) is 4.99 Å². The molecule has 2 atom stereocenters. The van der Waals surface area contributed by atoms with E-state index in [2.05, 4.69) is 42.8 Å². The predicted molar refractivity (Wildman–Crippen MR) is 79.3 cm³/mol. The molecule has 0 bridgehead atoms. The summed E-state index contributed by atoms with van der Waals surface area (Å²) >= 11 is 0. The highest BCUT2D eigenvalue weighted by molar-refractivity contribution is 5.76. The largest absolute Gasteiger partial charge is 0.300 e. The molecule has 0 amide bonds. The van der Waals surface area contributed by atoms with Gasteiger partial charge in [0, 0.05) is 12.3 Å². The van der Waals surface area contributed by atoms with E-state index in [9.17, 15) is 0 Å². The van der Waals surface area contributed by atoms with Gasteiger partial charge in [-0.15, -0.1) is 0 Å². The first-order valence-corrected chi connectivity index (χ1v) is 7.40. The summed E-state index contributed by atoms with van der Waals surface area (Å²) in [5.41, 5.74) is 2.88. The van der Waals surface area contributed by atoms with Crippen LogP contribution in [-0.4, -0.2) is 36.3 Å². The Hall–Kier alpha value is -0.890. The molecule has 0 radical (unpaired) electrons. The summed E-state index contributed by atoms with van der Waals surface area (Å²) in [5, 5.41) is 0. The first-order chi connectivity index (χ1) is 8.76. The van der Waals surface area contributed by atoms with E-state index in [0.717, 1.165) is 0 Å². The molecular weight excluding hydrogens is 220 g/mol. The molecule has 2 unspecified atom stereocenters. The number of allylic oxidation sites excluding steroid dienone is 1. The Morgan fingerprint density at radius 3 is 2.67 bits per heavy atom. The van der Waals surface area contributed by atoms with E-state index in [-0.39, 0.29) is 0 Å². The van der Waals surface area contributed by atoms with E-state index in [1.165, 1.54) is 49.9 Å². The van der Waals surface area contributed by atoms with Crippen LogP contribution in [0.2, 0.25) is 0 Å². The van der Waals surface area contributed by atoms with Gasteiger partial charge in [0.05, 0.1) is 6.04 Å². The molecule has 0 saturated carbocycles. The molecule has 2 heteroatoms. The number of fused-ring (bicyclic) bond motifs is 1. The number of dihydropyridines is 1. The Labute approximate surface area is 111 Å². The molecule has 2 rings (SSSR count). The zero-order valence-corrected chi connectivity index (χ0v) is 12.0. The van der Waals surface area contributed by atoms with E-state index in [4.69, 9.17) is 0 Å². The summed E-state index contributed by atoms with van der Waals surface area (Å²) in [4.78, 5) is 7.32. The molecule has 18 heavy (non-hydrogen) atoms. The summed E-state index contributed by atoms with van der Waals surface area (Å²) in [5.74, 6) is 0. The van der Waals surface area contributed by atoms with Crippen molar-refractivity contribution < 1.29 is 0 Å². The molecule has 1 heterocycles. The molecule has 0 N–H and O–H groups in total. The molecule has 0 aromatic rings. The monoisotopic (exact) mass is 246 g/mol. The minimum Gasteiger partial charge on any atom is -0.300 e. The molecule has 2 aliphatic rings.